The van der Waals surface area contributed by atoms with E-state index in [1.54, 1.807) is 0 Å². The molecule has 1 aromatic rings. The fourth-order valence-corrected chi connectivity index (χ4v) is 3.40. The highest BCUT2D eigenvalue weighted by molar-refractivity contribution is 6.09. The van der Waals surface area contributed by atoms with E-state index in [1.165, 1.54) is 0 Å². The molecule has 1 heterocycles. The molecular weight excluding hydrogens is 344 g/mol. The molecule has 0 saturated carbocycles. The van der Waals surface area contributed by atoms with E-state index in [9.17, 15) is 14.4 Å². The number of halogens is 1. The van der Waals surface area contributed by atoms with Crippen molar-refractivity contribution in [2.45, 2.75) is 25.3 Å². The molecule has 8 heteroatoms. The number of amides is 4. The van der Waals surface area contributed by atoms with Crippen LogP contribution in [0.3, 0.4) is 0 Å². The quantitative estimate of drug-likeness (QED) is 0.506. The second-order valence-corrected chi connectivity index (χ2v) is 6.09. The summed E-state index contributed by atoms with van der Waals surface area (Å²) in [6.07, 6.45) is 1.28. The first kappa shape index (κ1) is 19.2. The Kier molecular flexibility index (Phi) is 6.02. The molecule has 7 nitrogen and oxygen atoms in total. The standard InChI is InChI=1S/C17H22N4O3.ClH/c1-2-18-9-10-19-14(22)11-21-15(23)17(20-16(21)24)8-7-12-5-3-4-6-13(12)17;/h3-6,18H,2,7-11H2,1H3,(H,19,22)(H,20,24);1H. The SMILES string of the molecule is CCNCCNC(=O)CN1C(=O)NC2(CCc3ccccc32)C1=O.Cl. The van der Waals surface area contributed by atoms with Gasteiger partial charge in [-0.15, -0.1) is 12.4 Å². The first-order chi connectivity index (χ1) is 11.6. The van der Waals surface area contributed by atoms with Gasteiger partial charge in [-0.25, -0.2) is 4.79 Å². The predicted molar refractivity (Wildman–Crippen MR) is 95.5 cm³/mol. The molecule has 1 spiro atoms. The minimum absolute atomic E-state index is 0. The van der Waals surface area contributed by atoms with Crippen LogP contribution in [-0.4, -0.2) is 48.9 Å². The monoisotopic (exact) mass is 366 g/mol. The van der Waals surface area contributed by atoms with Gasteiger partial charge in [-0.05, 0) is 30.5 Å². The van der Waals surface area contributed by atoms with Crippen molar-refractivity contribution in [2.75, 3.05) is 26.2 Å². The molecular formula is C17H23ClN4O3. The molecule has 0 radical (unpaired) electrons. The average Bonchev–Trinajstić information content (AvgIpc) is 3.06. The molecule has 1 aliphatic heterocycles. The molecule has 1 aromatic carbocycles. The Morgan fingerprint density at radius 2 is 2.04 bits per heavy atom. The van der Waals surface area contributed by atoms with E-state index in [0.717, 1.165) is 29.0 Å². The van der Waals surface area contributed by atoms with Crippen LogP contribution < -0.4 is 16.0 Å². The minimum atomic E-state index is -1.00. The molecule has 1 saturated heterocycles. The van der Waals surface area contributed by atoms with E-state index in [0.29, 0.717) is 19.5 Å². The summed E-state index contributed by atoms with van der Waals surface area (Å²) in [5.74, 6) is -0.668. The zero-order valence-electron chi connectivity index (χ0n) is 14.1. The second kappa shape index (κ2) is 7.84. The van der Waals surface area contributed by atoms with Crippen molar-refractivity contribution >= 4 is 30.3 Å². The zero-order valence-corrected chi connectivity index (χ0v) is 14.9. The largest absolute Gasteiger partial charge is 0.353 e. The fraction of sp³-hybridized carbons (Fsp3) is 0.471. The molecule has 2 aliphatic rings. The molecule has 0 aromatic heterocycles. The third kappa shape index (κ3) is 3.48. The number of hydrogen-bond donors (Lipinski definition) is 3. The summed E-state index contributed by atoms with van der Waals surface area (Å²) in [7, 11) is 0. The van der Waals surface area contributed by atoms with Gasteiger partial charge in [0.25, 0.3) is 5.91 Å². The molecule has 3 N–H and O–H groups in total. The fourth-order valence-electron chi connectivity index (χ4n) is 3.40. The highest BCUT2D eigenvalue weighted by Crippen LogP contribution is 2.41. The number of benzene rings is 1. The average molecular weight is 367 g/mol. The van der Waals surface area contributed by atoms with E-state index in [4.69, 9.17) is 0 Å². The van der Waals surface area contributed by atoms with E-state index >= 15 is 0 Å². The number of imide groups is 1. The third-order valence-electron chi connectivity index (χ3n) is 4.60. The summed E-state index contributed by atoms with van der Waals surface area (Å²) in [6, 6.07) is 7.13. The lowest BCUT2D eigenvalue weighted by Gasteiger charge is -2.22. The van der Waals surface area contributed by atoms with Crippen LogP contribution in [0.2, 0.25) is 0 Å². The molecule has 1 atom stereocenters. The van der Waals surface area contributed by atoms with Gasteiger partial charge in [0.15, 0.2) is 0 Å². The van der Waals surface area contributed by atoms with Gasteiger partial charge in [0.05, 0.1) is 0 Å². The van der Waals surface area contributed by atoms with Crippen molar-refractivity contribution in [3.8, 4) is 0 Å². The number of nitrogens with zero attached hydrogens (tertiary/aromatic N) is 1. The Morgan fingerprint density at radius 1 is 1.28 bits per heavy atom. The van der Waals surface area contributed by atoms with Gasteiger partial charge in [0.1, 0.15) is 12.1 Å². The Labute approximate surface area is 152 Å². The van der Waals surface area contributed by atoms with E-state index in [2.05, 4.69) is 16.0 Å². The highest BCUT2D eigenvalue weighted by atomic mass is 35.5. The normalized spacial score (nSPS) is 21.1. The molecule has 25 heavy (non-hydrogen) atoms. The summed E-state index contributed by atoms with van der Waals surface area (Å²) in [5, 5.41) is 8.61. The Balaban J connectivity index is 0.00000225. The molecule has 4 amide bonds. The number of carbonyl (C=O) groups is 3. The molecule has 0 bridgehead atoms. The maximum Gasteiger partial charge on any atom is 0.325 e. The van der Waals surface area contributed by atoms with E-state index in [1.807, 2.05) is 31.2 Å². The van der Waals surface area contributed by atoms with Crippen LogP contribution in [0.1, 0.15) is 24.5 Å². The molecule has 3 rings (SSSR count). The first-order valence-electron chi connectivity index (χ1n) is 8.28. The van der Waals surface area contributed by atoms with Gasteiger partial charge < -0.3 is 16.0 Å². The highest BCUT2D eigenvalue weighted by Gasteiger charge is 2.55. The number of nitrogens with one attached hydrogen (secondary N) is 3. The van der Waals surface area contributed by atoms with Crippen LogP contribution in [0.15, 0.2) is 24.3 Å². The number of aryl methyl sites for hydroxylation is 1. The third-order valence-corrected chi connectivity index (χ3v) is 4.60. The summed E-state index contributed by atoms with van der Waals surface area (Å²) in [5.41, 5.74) is 0.916. The number of likely N-dealkylation sites (N-methyl/N-ethyl adjacent to an activating group) is 1. The number of rotatable bonds is 6. The topological polar surface area (TPSA) is 90.5 Å². The summed E-state index contributed by atoms with van der Waals surface area (Å²) >= 11 is 0. The van der Waals surface area contributed by atoms with Crippen LogP contribution in [0.25, 0.3) is 0 Å². The van der Waals surface area contributed by atoms with Crippen molar-refractivity contribution < 1.29 is 14.4 Å². The Hall–Kier alpha value is -2.12. The maximum atomic E-state index is 12.9. The van der Waals surface area contributed by atoms with E-state index in [-0.39, 0.29) is 30.8 Å². The van der Waals surface area contributed by atoms with Gasteiger partial charge in [-0.1, -0.05) is 31.2 Å². The molecule has 1 aliphatic carbocycles. The van der Waals surface area contributed by atoms with Gasteiger partial charge in [0, 0.05) is 13.1 Å². The minimum Gasteiger partial charge on any atom is -0.353 e. The predicted octanol–water partition coefficient (Wildman–Crippen LogP) is 0.527. The van der Waals surface area contributed by atoms with Gasteiger partial charge in [-0.2, -0.15) is 0 Å². The van der Waals surface area contributed by atoms with Crippen molar-refractivity contribution in [3.63, 3.8) is 0 Å². The van der Waals surface area contributed by atoms with Crippen molar-refractivity contribution in [2.24, 2.45) is 0 Å². The van der Waals surface area contributed by atoms with Crippen molar-refractivity contribution in [1.82, 2.24) is 20.9 Å². The van der Waals surface area contributed by atoms with Crippen LogP contribution in [0, 0.1) is 0 Å². The van der Waals surface area contributed by atoms with Crippen LogP contribution in [0.4, 0.5) is 4.79 Å². The zero-order chi connectivity index (χ0) is 17.2. The van der Waals surface area contributed by atoms with Gasteiger partial charge in [-0.3, -0.25) is 14.5 Å². The number of carbonyl (C=O) groups excluding carboxylic acids is 3. The molecule has 1 fully saturated rings. The summed E-state index contributed by atoms with van der Waals surface area (Å²) in [6.45, 7) is 3.67. The van der Waals surface area contributed by atoms with Gasteiger partial charge in [0.2, 0.25) is 5.91 Å². The molecule has 1 unspecified atom stereocenters. The van der Waals surface area contributed by atoms with Gasteiger partial charge >= 0.3 is 6.03 Å². The summed E-state index contributed by atoms with van der Waals surface area (Å²) < 4.78 is 0. The number of hydrogen-bond acceptors (Lipinski definition) is 4. The Bertz CT molecular complexity index is 682. The Morgan fingerprint density at radius 3 is 2.80 bits per heavy atom. The second-order valence-electron chi connectivity index (χ2n) is 6.09. The number of urea groups is 1. The van der Waals surface area contributed by atoms with Crippen molar-refractivity contribution in [1.29, 1.82) is 0 Å². The number of fused-ring (bicyclic) bond motifs is 2. The smallest absolute Gasteiger partial charge is 0.325 e. The van der Waals surface area contributed by atoms with Crippen LogP contribution >= 0.6 is 12.4 Å². The lowest BCUT2D eigenvalue weighted by Crippen LogP contribution is -2.44. The lowest BCUT2D eigenvalue weighted by molar-refractivity contribution is -0.135. The lowest BCUT2D eigenvalue weighted by atomic mass is 9.92. The van der Waals surface area contributed by atoms with Crippen molar-refractivity contribution in [3.05, 3.63) is 35.4 Å². The van der Waals surface area contributed by atoms with Crippen LogP contribution in [-0.2, 0) is 21.5 Å². The van der Waals surface area contributed by atoms with Crippen LogP contribution in [0.5, 0.6) is 0 Å². The van der Waals surface area contributed by atoms with E-state index < -0.39 is 11.6 Å². The first-order valence-corrected chi connectivity index (χ1v) is 8.28. The summed E-state index contributed by atoms with van der Waals surface area (Å²) in [4.78, 5) is 38.1. The molecule has 136 valence electrons. The maximum absolute atomic E-state index is 12.9.